The van der Waals surface area contributed by atoms with Gasteiger partial charge in [0.1, 0.15) is 0 Å². The van der Waals surface area contributed by atoms with Crippen LogP contribution < -0.4 is 4.90 Å². The van der Waals surface area contributed by atoms with E-state index < -0.39 is 0 Å². The van der Waals surface area contributed by atoms with E-state index in [2.05, 4.69) is 44.7 Å². The van der Waals surface area contributed by atoms with Gasteiger partial charge < -0.3 is 4.90 Å². The summed E-state index contributed by atoms with van der Waals surface area (Å²) >= 11 is 1.60. The largest absolute Gasteiger partial charge is 0.302 e. The molecule has 0 N–H and O–H groups in total. The molecule has 2 aromatic carbocycles. The fraction of sp³-hybridized carbons (Fsp3) is 0.391. The number of rotatable bonds is 7. The van der Waals surface area contributed by atoms with Crippen molar-refractivity contribution in [1.29, 1.82) is 0 Å². The van der Waals surface area contributed by atoms with E-state index in [1.807, 2.05) is 36.1 Å². The molecule has 1 amide bonds. The summed E-state index contributed by atoms with van der Waals surface area (Å²) in [6.07, 6.45) is 0. The predicted octanol–water partition coefficient (Wildman–Crippen LogP) is 5.21. The summed E-state index contributed by atoms with van der Waals surface area (Å²) in [4.78, 5) is 22.4. The molecular formula is C23H29N3OS. The van der Waals surface area contributed by atoms with Crippen LogP contribution in [0.3, 0.4) is 0 Å². The first-order valence-corrected chi connectivity index (χ1v) is 10.7. The Balaban J connectivity index is 1.98. The van der Waals surface area contributed by atoms with Crippen molar-refractivity contribution in [2.45, 2.75) is 34.6 Å². The van der Waals surface area contributed by atoms with Gasteiger partial charge in [0, 0.05) is 18.7 Å². The second kappa shape index (κ2) is 8.84. The van der Waals surface area contributed by atoms with E-state index in [1.54, 1.807) is 11.3 Å². The van der Waals surface area contributed by atoms with Crippen molar-refractivity contribution in [3.63, 3.8) is 0 Å². The number of thiazole rings is 1. The molecule has 0 aliphatic rings. The molecular weight excluding hydrogens is 366 g/mol. The Kier molecular flexibility index (Phi) is 6.47. The predicted molar refractivity (Wildman–Crippen MR) is 120 cm³/mol. The molecule has 0 radical (unpaired) electrons. The van der Waals surface area contributed by atoms with Crippen LogP contribution in [0.4, 0.5) is 5.13 Å². The van der Waals surface area contributed by atoms with Crippen LogP contribution in [0, 0.1) is 20.8 Å². The van der Waals surface area contributed by atoms with Gasteiger partial charge in [-0.25, -0.2) is 4.98 Å². The molecule has 0 saturated heterocycles. The van der Waals surface area contributed by atoms with Crippen molar-refractivity contribution < 1.29 is 4.79 Å². The van der Waals surface area contributed by atoms with E-state index in [0.29, 0.717) is 12.1 Å². The van der Waals surface area contributed by atoms with E-state index >= 15 is 0 Å². The Labute approximate surface area is 171 Å². The van der Waals surface area contributed by atoms with E-state index in [1.165, 1.54) is 11.1 Å². The second-order valence-corrected chi connectivity index (χ2v) is 8.21. The SMILES string of the molecule is CCN(CC)CCN(C(=O)c1ccc(C)cc1)c1nc2c(C)c(C)ccc2s1. The average Bonchev–Trinajstić information content (AvgIpc) is 3.13. The number of hydrogen-bond donors (Lipinski definition) is 0. The van der Waals surface area contributed by atoms with E-state index in [4.69, 9.17) is 4.98 Å². The van der Waals surface area contributed by atoms with Gasteiger partial charge in [0.2, 0.25) is 0 Å². The zero-order chi connectivity index (χ0) is 20.3. The standard InChI is InChI=1S/C23H29N3OS/c1-6-25(7-2)14-15-26(22(27)19-11-8-16(3)9-12-19)23-24-21-18(5)17(4)10-13-20(21)28-23/h8-13H,6-7,14-15H2,1-5H3. The van der Waals surface area contributed by atoms with Gasteiger partial charge in [-0.1, -0.05) is 48.9 Å². The third-order valence-electron chi connectivity index (χ3n) is 5.38. The van der Waals surface area contributed by atoms with Crippen LogP contribution in [0.25, 0.3) is 10.2 Å². The molecule has 0 saturated carbocycles. The number of likely N-dealkylation sites (N-methyl/N-ethyl adjacent to an activating group) is 1. The van der Waals surface area contributed by atoms with Crippen LogP contribution in [0.1, 0.15) is 40.9 Å². The highest BCUT2D eigenvalue weighted by Crippen LogP contribution is 2.32. The smallest absolute Gasteiger partial charge is 0.260 e. The molecule has 0 aliphatic heterocycles. The van der Waals surface area contributed by atoms with Gasteiger partial charge in [-0.05, 0) is 63.2 Å². The Morgan fingerprint density at radius 3 is 2.29 bits per heavy atom. The summed E-state index contributed by atoms with van der Waals surface area (Å²) in [5.41, 5.74) is 5.27. The lowest BCUT2D eigenvalue weighted by molar-refractivity contribution is 0.0984. The number of amides is 1. The van der Waals surface area contributed by atoms with Crippen LogP contribution in [-0.4, -0.2) is 42.0 Å². The third-order valence-corrected chi connectivity index (χ3v) is 6.43. The minimum Gasteiger partial charge on any atom is -0.302 e. The number of aryl methyl sites for hydroxylation is 3. The third kappa shape index (κ3) is 4.26. The normalized spacial score (nSPS) is 11.4. The number of fused-ring (bicyclic) bond motifs is 1. The van der Waals surface area contributed by atoms with Crippen molar-refractivity contribution in [1.82, 2.24) is 9.88 Å². The first kappa shape index (κ1) is 20.5. The maximum Gasteiger partial charge on any atom is 0.260 e. The van der Waals surface area contributed by atoms with Gasteiger partial charge in [0.25, 0.3) is 5.91 Å². The molecule has 0 unspecified atom stereocenters. The number of nitrogens with zero attached hydrogens (tertiary/aromatic N) is 3. The molecule has 1 aromatic heterocycles. The molecule has 0 fully saturated rings. The molecule has 148 valence electrons. The minimum absolute atomic E-state index is 0.0144. The van der Waals surface area contributed by atoms with Gasteiger partial charge in [0.15, 0.2) is 5.13 Å². The second-order valence-electron chi connectivity index (χ2n) is 7.20. The molecule has 0 aliphatic carbocycles. The fourth-order valence-corrected chi connectivity index (χ4v) is 4.30. The topological polar surface area (TPSA) is 36.4 Å². The van der Waals surface area contributed by atoms with Crippen molar-refractivity contribution in [3.8, 4) is 0 Å². The summed E-state index contributed by atoms with van der Waals surface area (Å²) in [6, 6.07) is 12.0. The molecule has 28 heavy (non-hydrogen) atoms. The number of carbonyl (C=O) groups is 1. The van der Waals surface area contributed by atoms with Crippen molar-refractivity contribution >= 4 is 32.6 Å². The fourth-order valence-electron chi connectivity index (χ4n) is 3.25. The summed E-state index contributed by atoms with van der Waals surface area (Å²) in [6.45, 7) is 13.9. The number of aromatic nitrogens is 1. The van der Waals surface area contributed by atoms with Crippen LogP contribution in [0.5, 0.6) is 0 Å². The van der Waals surface area contributed by atoms with E-state index in [9.17, 15) is 4.79 Å². The molecule has 3 rings (SSSR count). The maximum atomic E-state index is 13.3. The van der Waals surface area contributed by atoms with Crippen LogP contribution in [-0.2, 0) is 0 Å². The lowest BCUT2D eigenvalue weighted by Gasteiger charge is -2.24. The highest BCUT2D eigenvalue weighted by Gasteiger charge is 2.22. The lowest BCUT2D eigenvalue weighted by atomic mass is 10.1. The van der Waals surface area contributed by atoms with E-state index in [0.717, 1.165) is 40.5 Å². The van der Waals surface area contributed by atoms with Crippen LogP contribution >= 0.6 is 11.3 Å². The molecule has 3 aromatic rings. The van der Waals surface area contributed by atoms with Gasteiger partial charge in [-0.3, -0.25) is 9.69 Å². The maximum absolute atomic E-state index is 13.3. The van der Waals surface area contributed by atoms with Gasteiger partial charge in [-0.15, -0.1) is 0 Å². The molecule has 0 spiro atoms. The Morgan fingerprint density at radius 1 is 0.964 bits per heavy atom. The first-order chi connectivity index (χ1) is 13.4. The van der Waals surface area contributed by atoms with Gasteiger partial charge in [-0.2, -0.15) is 0 Å². The Morgan fingerprint density at radius 2 is 1.64 bits per heavy atom. The minimum atomic E-state index is 0.0144. The van der Waals surface area contributed by atoms with Gasteiger partial charge in [0.05, 0.1) is 10.2 Å². The number of carbonyl (C=O) groups excluding carboxylic acids is 1. The summed E-state index contributed by atoms with van der Waals surface area (Å²) in [7, 11) is 0. The molecule has 4 nitrogen and oxygen atoms in total. The van der Waals surface area contributed by atoms with Crippen LogP contribution in [0.15, 0.2) is 36.4 Å². The molecule has 5 heteroatoms. The summed E-state index contributed by atoms with van der Waals surface area (Å²) < 4.78 is 1.13. The first-order valence-electron chi connectivity index (χ1n) is 9.92. The highest BCUT2D eigenvalue weighted by molar-refractivity contribution is 7.22. The zero-order valence-electron chi connectivity index (χ0n) is 17.5. The average molecular weight is 396 g/mol. The quantitative estimate of drug-likeness (QED) is 0.551. The van der Waals surface area contributed by atoms with E-state index in [-0.39, 0.29) is 5.91 Å². The van der Waals surface area contributed by atoms with Crippen molar-refractivity contribution in [2.75, 3.05) is 31.1 Å². The summed E-state index contributed by atoms with van der Waals surface area (Å²) in [5.74, 6) is 0.0144. The van der Waals surface area contributed by atoms with Gasteiger partial charge >= 0.3 is 0 Å². The Bertz CT molecular complexity index is 958. The molecule has 0 atom stereocenters. The molecule has 1 heterocycles. The lowest BCUT2D eigenvalue weighted by Crippen LogP contribution is -2.38. The monoisotopic (exact) mass is 395 g/mol. The summed E-state index contributed by atoms with van der Waals surface area (Å²) in [5, 5.41) is 0.779. The van der Waals surface area contributed by atoms with Crippen molar-refractivity contribution in [3.05, 3.63) is 58.7 Å². The zero-order valence-corrected chi connectivity index (χ0v) is 18.3. The van der Waals surface area contributed by atoms with Crippen LogP contribution in [0.2, 0.25) is 0 Å². The number of anilines is 1. The van der Waals surface area contributed by atoms with Crippen molar-refractivity contribution in [2.24, 2.45) is 0 Å². The highest BCUT2D eigenvalue weighted by atomic mass is 32.1. The Hall–Kier alpha value is -2.24. The number of hydrogen-bond acceptors (Lipinski definition) is 4. The molecule has 0 bridgehead atoms. The number of benzene rings is 2.